The van der Waals surface area contributed by atoms with Crippen molar-refractivity contribution in [3.05, 3.63) is 71.9 Å². The van der Waals surface area contributed by atoms with E-state index in [1.165, 1.54) is 5.56 Å². The molecular weight excluding hydrogens is 246 g/mol. The highest BCUT2D eigenvalue weighted by Crippen LogP contribution is 2.43. The average molecular weight is 263 g/mol. The molecule has 0 fully saturated rings. The Kier molecular flexibility index (Phi) is 2.33. The summed E-state index contributed by atoms with van der Waals surface area (Å²) in [6.07, 6.45) is 2.92. The fourth-order valence-corrected chi connectivity index (χ4v) is 3.54. The normalized spacial score (nSPS) is 25.0. The van der Waals surface area contributed by atoms with Crippen molar-refractivity contribution >= 4 is 10.9 Å². The van der Waals surface area contributed by atoms with E-state index in [-0.39, 0.29) is 5.92 Å². The molecule has 4 rings (SSSR count). The molecule has 0 radical (unpaired) electrons. The summed E-state index contributed by atoms with van der Waals surface area (Å²) in [6, 6.07) is 18.5. The molecular formula is C18H17NO. The van der Waals surface area contributed by atoms with Crippen molar-refractivity contribution in [1.29, 1.82) is 0 Å². The third kappa shape index (κ3) is 1.37. The Hall–Kier alpha value is -2.06. The second-order valence-electron chi connectivity index (χ2n) is 5.73. The van der Waals surface area contributed by atoms with Crippen LogP contribution in [0, 0.1) is 5.92 Å². The van der Waals surface area contributed by atoms with Gasteiger partial charge in [-0.3, -0.25) is 0 Å². The predicted molar refractivity (Wildman–Crippen MR) is 80.5 cm³/mol. The molecule has 2 heteroatoms. The highest BCUT2D eigenvalue weighted by Gasteiger charge is 2.44. The monoisotopic (exact) mass is 263 g/mol. The van der Waals surface area contributed by atoms with Crippen LogP contribution >= 0.6 is 0 Å². The number of aliphatic hydroxyl groups is 1. The van der Waals surface area contributed by atoms with Crippen LogP contribution in [0.5, 0.6) is 0 Å². The first-order valence-electron chi connectivity index (χ1n) is 7.08. The summed E-state index contributed by atoms with van der Waals surface area (Å²) >= 11 is 0. The van der Waals surface area contributed by atoms with Gasteiger partial charge in [-0.25, -0.2) is 0 Å². The third-order valence-corrected chi connectivity index (χ3v) is 4.59. The third-order valence-electron chi connectivity index (χ3n) is 4.59. The van der Waals surface area contributed by atoms with Gasteiger partial charge in [0.05, 0.1) is 5.52 Å². The van der Waals surface area contributed by atoms with E-state index >= 15 is 0 Å². The average Bonchev–Trinajstić information content (AvgIpc) is 3.01. The van der Waals surface area contributed by atoms with Gasteiger partial charge in [-0.15, -0.1) is 0 Å². The smallest absolute Gasteiger partial charge is 0.171 e. The maximum Gasteiger partial charge on any atom is 0.171 e. The van der Waals surface area contributed by atoms with Crippen LogP contribution in [0.15, 0.2) is 60.8 Å². The number of hydrogen-bond donors (Lipinski definition) is 1. The Morgan fingerprint density at radius 1 is 1.05 bits per heavy atom. The van der Waals surface area contributed by atoms with Crippen LogP contribution in [-0.2, 0) is 12.1 Å². The Morgan fingerprint density at radius 2 is 1.80 bits per heavy atom. The van der Waals surface area contributed by atoms with Gasteiger partial charge in [0.1, 0.15) is 0 Å². The largest absolute Gasteiger partial charge is 0.366 e. The molecule has 100 valence electrons. The van der Waals surface area contributed by atoms with Crippen LogP contribution in [0.2, 0.25) is 0 Å². The van der Waals surface area contributed by atoms with Crippen molar-refractivity contribution < 1.29 is 5.11 Å². The Balaban J connectivity index is 2.01. The summed E-state index contributed by atoms with van der Waals surface area (Å²) in [5.41, 5.74) is 2.42. The second kappa shape index (κ2) is 3.97. The van der Waals surface area contributed by atoms with Gasteiger partial charge in [0.15, 0.2) is 5.72 Å². The van der Waals surface area contributed by atoms with Crippen molar-refractivity contribution in [3.63, 3.8) is 0 Å². The molecule has 0 aliphatic heterocycles. The number of para-hydroxylation sites is 1. The van der Waals surface area contributed by atoms with E-state index in [1.807, 2.05) is 41.1 Å². The second-order valence-corrected chi connectivity index (χ2v) is 5.73. The lowest BCUT2D eigenvalue weighted by atomic mass is 9.97. The van der Waals surface area contributed by atoms with E-state index in [4.69, 9.17) is 0 Å². The summed E-state index contributed by atoms with van der Waals surface area (Å²) in [7, 11) is 0. The van der Waals surface area contributed by atoms with Gasteiger partial charge in [-0.1, -0.05) is 49.4 Å². The van der Waals surface area contributed by atoms with Crippen molar-refractivity contribution in [3.8, 4) is 0 Å². The fraction of sp³-hybridized carbons (Fsp3) is 0.222. The van der Waals surface area contributed by atoms with Crippen LogP contribution in [0.4, 0.5) is 0 Å². The molecule has 1 N–H and O–H groups in total. The Morgan fingerprint density at radius 3 is 2.70 bits per heavy atom. The van der Waals surface area contributed by atoms with E-state index in [9.17, 15) is 5.11 Å². The zero-order valence-corrected chi connectivity index (χ0v) is 11.5. The molecule has 0 bridgehead atoms. The first kappa shape index (κ1) is 11.7. The molecule has 0 spiro atoms. The molecule has 0 saturated carbocycles. The highest BCUT2D eigenvalue weighted by atomic mass is 16.3. The molecule has 1 heterocycles. The molecule has 2 nitrogen and oxygen atoms in total. The standard InChI is InChI=1S/C18H17NO/c1-13-12-15-7-2-4-8-16(15)18(13,20)19-11-10-14-6-3-5-9-17(14)19/h2-11,13,20H,12H2,1H3. The topological polar surface area (TPSA) is 25.2 Å². The minimum Gasteiger partial charge on any atom is -0.366 e. The van der Waals surface area contributed by atoms with Crippen LogP contribution in [-0.4, -0.2) is 9.67 Å². The molecule has 0 amide bonds. The van der Waals surface area contributed by atoms with Gasteiger partial charge in [0.2, 0.25) is 0 Å². The number of rotatable bonds is 1. The number of aromatic nitrogens is 1. The predicted octanol–water partition coefficient (Wildman–Crippen LogP) is 3.53. The number of nitrogens with zero attached hydrogens (tertiary/aromatic N) is 1. The van der Waals surface area contributed by atoms with Gasteiger partial charge in [-0.2, -0.15) is 0 Å². The van der Waals surface area contributed by atoms with Crippen LogP contribution in [0.1, 0.15) is 18.1 Å². The summed E-state index contributed by atoms with van der Waals surface area (Å²) in [5, 5.41) is 12.6. The van der Waals surface area contributed by atoms with Gasteiger partial charge in [-0.05, 0) is 29.5 Å². The highest BCUT2D eigenvalue weighted by molar-refractivity contribution is 5.80. The van der Waals surface area contributed by atoms with Gasteiger partial charge >= 0.3 is 0 Å². The lowest BCUT2D eigenvalue weighted by Crippen LogP contribution is -2.37. The molecule has 20 heavy (non-hydrogen) atoms. The van der Waals surface area contributed by atoms with Gasteiger partial charge < -0.3 is 9.67 Å². The molecule has 2 atom stereocenters. The number of fused-ring (bicyclic) bond motifs is 2. The fourth-order valence-electron chi connectivity index (χ4n) is 3.54. The number of benzene rings is 2. The first-order chi connectivity index (χ1) is 9.71. The van der Waals surface area contributed by atoms with Gasteiger partial charge in [0, 0.05) is 17.7 Å². The summed E-state index contributed by atoms with van der Waals surface area (Å²) < 4.78 is 2.03. The van der Waals surface area contributed by atoms with Crippen LogP contribution in [0.25, 0.3) is 10.9 Å². The van der Waals surface area contributed by atoms with E-state index in [1.54, 1.807) is 0 Å². The lowest BCUT2D eigenvalue weighted by Gasteiger charge is -2.32. The minimum atomic E-state index is -0.945. The lowest BCUT2D eigenvalue weighted by molar-refractivity contribution is -0.0295. The molecule has 0 saturated heterocycles. The van der Waals surface area contributed by atoms with E-state index in [0.717, 1.165) is 22.9 Å². The molecule has 1 aliphatic rings. The van der Waals surface area contributed by atoms with Crippen molar-refractivity contribution in [2.24, 2.45) is 5.92 Å². The summed E-state index contributed by atoms with van der Waals surface area (Å²) in [6.45, 7) is 2.12. The van der Waals surface area contributed by atoms with Crippen LogP contribution in [0.3, 0.4) is 0 Å². The zero-order chi connectivity index (χ0) is 13.7. The molecule has 2 aromatic carbocycles. The summed E-state index contributed by atoms with van der Waals surface area (Å²) in [4.78, 5) is 0. The van der Waals surface area contributed by atoms with E-state index < -0.39 is 5.72 Å². The zero-order valence-electron chi connectivity index (χ0n) is 11.5. The van der Waals surface area contributed by atoms with Crippen molar-refractivity contribution in [1.82, 2.24) is 4.57 Å². The molecule has 1 aromatic heterocycles. The van der Waals surface area contributed by atoms with E-state index in [2.05, 4.69) is 31.2 Å². The van der Waals surface area contributed by atoms with Gasteiger partial charge in [0.25, 0.3) is 0 Å². The summed E-state index contributed by atoms with van der Waals surface area (Å²) in [5.74, 6) is 0.163. The van der Waals surface area contributed by atoms with Crippen molar-refractivity contribution in [2.45, 2.75) is 19.1 Å². The molecule has 3 aromatic rings. The maximum atomic E-state index is 11.4. The maximum absolute atomic E-state index is 11.4. The number of hydrogen-bond acceptors (Lipinski definition) is 1. The van der Waals surface area contributed by atoms with Crippen molar-refractivity contribution in [2.75, 3.05) is 0 Å². The minimum absolute atomic E-state index is 0.163. The van der Waals surface area contributed by atoms with E-state index in [0.29, 0.717) is 0 Å². The SMILES string of the molecule is CC1Cc2ccccc2C1(O)n1ccc2ccccc21. The Labute approximate surface area is 118 Å². The van der Waals surface area contributed by atoms with Crippen LogP contribution < -0.4 is 0 Å². The first-order valence-corrected chi connectivity index (χ1v) is 7.08. The molecule has 2 unspecified atom stereocenters. The molecule has 1 aliphatic carbocycles. The quantitative estimate of drug-likeness (QED) is 0.714. The Bertz CT molecular complexity index is 789.